The minimum absolute atomic E-state index is 0.171. The molecule has 8 nitrogen and oxygen atoms in total. The van der Waals surface area contributed by atoms with E-state index in [4.69, 9.17) is 9.26 Å². The van der Waals surface area contributed by atoms with Crippen molar-refractivity contribution in [3.8, 4) is 5.75 Å². The number of para-hydroxylation sites is 1. The normalized spacial score (nSPS) is 11.2. The van der Waals surface area contributed by atoms with Crippen molar-refractivity contribution in [2.24, 2.45) is 0 Å². The van der Waals surface area contributed by atoms with Crippen molar-refractivity contribution in [2.75, 3.05) is 16.3 Å². The zero-order chi connectivity index (χ0) is 21.9. The van der Waals surface area contributed by atoms with Gasteiger partial charge < -0.3 is 14.6 Å². The van der Waals surface area contributed by atoms with E-state index in [0.29, 0.717) is 17.2 Å². The van der Waals surface area contributed by atoms with Crippen molar-refractivity contribution < 1.29 is 26.9 Å². The summed E-state index contributed by atoms with van der Waals surface area (Å²) in [7, 11) is -3.68. The lowest BCUT2D eigenvalue weighted by Crippen LogP contribution is -2.15. The third-order valence-electron chi connectivity index (χ3n) is 4.20. The Morgan fingerprint density at radius 3 is 2.60 bits per heavy atom. The van der Waals surface area contributed by atoms with Crippen LogP contribution in [0.1, 0.15) is 27.4 Å². The molecule has 1 amide bonds. The fraction of sp³-hybridized carbons (Fsp3) is 0.200. The maximum Gasteiger partial charge on any atom is 0.259 e. The number of anilines is 2. The molecule has 0 fully saturated rings. The topological polar surface area (TPSA) is 111 Å². The number of rotatable bonds is 7. The van der Waals surface area contributed by atoms with Crippen molar-refractivity contribution >= 4 is 27.3 Å². The van der Waals surface area contributed by atoms with Crippen LogP contribution in [0.3, 0.4) is 0 Å². The number of aromatic nitrogens is 1. The molecule has 2 aromatic carbocycles. The zero-order valence-corrected chi connectivity index (χ0v) is 17.3. The number of carbonyl (C=O) groups excluding carboxylic acids is 1. The molecule has 2 N–H and O–H groups in total. The molecule has 0 bridgehead atoms. The molecule has 0 spiro atoms. The van der Waals surface area contributed by atoms with E-state index in [-0.39, 0.29) is 23.5 Å². The van der Waals surface area contributed by atoms with Crippen molar-refractivity contribution in [3.63, 3.8) is 0 Å². The van der Waals surface area contributed by atoms with Gasteiger partial charge in [0.25, 0.3) is 5.91 Å². The molecule has 0 aliphatic rings. The number of benzene rings is 2. The molecule has 3 rings (SSSR count). The summed E-state index contributed by atoms with van der Waals surface area (Å²) in [5, 5.41) is 6.49. The van der Waals surface area contributed by atoms with Crippen molar-refractivity contribution in [1.29, 1.82) is 0 Å². The molecule has 0 atom stereocenters. The quantitative estimate of drug-likeness (QED) is 0.589. The summed E-state index contributed by atoms with van der Waals surface area (Å²) in [6.45, 7) is 3.74. The van der Waals surface area contributed by atoms with Crippen molar-refractivity contribution in [2.45, 2.75) is 20.5 Å². The number of nitrogens with one attached hydrogen (secondary N) is 2. The number of sulfonamides is 1. The SMILES string of the molecule is Cc1noc(C)c1COc1ccccc1C(=O)Nc1ccc(F)c(NS(C)(=O)=O)c1. The first-order chi connectivity index (χ1) is 14.1. The first kappa shape index (κ1) is 21.3. The number of amides is 1. The van der Waals surface area contributed by atoms with E-state index in [2.05, 4.69) is 15.2 Å². The second-order valence-corrected chi connectivity index (χ2v) is 8.36. The third-order valence-corrected chi connectivity index (χ3v) is 4.80. The Morgan fingerprint density at radius 1 is 1.20 bits per heavy atom. The molecule has 0 aliphatic carbocycles. The highest BCUT2D eigenvalue weighted by Gasteiger charge is 2.16. The number of hydrogen-bond acceptors (Lipinski definition) is 6. The third kappa shape index (κ3) is 5.15. The number of aryl methyl sites for hydroxylation is 2. The summed E-state index contributed by atoms with van der Waals surface area (Å²) in [4.78, 5) is 12.8. The van der Waals surface area contributed by atoms with Crippen molar-refractivity contribution in [1.82, 2.24) is 5.16 Å². The summed E-state index contributed by atoms with van der Waals surface area (Å²) in [6, 6.07) is 10.2. The predicted molar refractivity (Wildman–Crippen MR) is 110 cm³/mol. The fourth-order valence-corrected chi connectivity index (χ4v) is 3.27. The molecule has 0 aliphatic heterocycles. The van der Waals surface area contributed by atoms with Gasteiger partial charge in [0.1, 0.15) is 23.9 Å². The fourth-order valence-electron chi connectivity index (χ4n) is 2.72. The van der Waals surface area contributed by atoms with Crippen LogP contribution in [0.4, 0.5) is 15.8 Å². The van der Waals surface area contributed by atoms with Crippen LogP contribution < -0.4 is 14.8 Å². The summed E-state index contributed by atoms with van der Waals surface area (Å²) < 4.78 is 49.6. The zero-order valence-electron chi connectivity index (χ0n) is 16.5. The molecule has 0 unspecified atom stereocenters. The summed E-state index contributed by atoms with van der Waals surface area (Å²) >= 11 is 0. The van der Waals surface area contributed by atoms with Gasteiger partial charge >= 0.3 is 0 Å². The standard InChI is InChI=1S/C20H20FN3O5S/c1-12-16(13(2)29-23-12)11-28-19-7-5-4-6-15(19)20(25)22-14-8-9-17(21)18(10-14)24-30(3,26)27/h4-10,24H,11H2,1-3H3,(H,22,25). The van der Waals surface area contributed by atoms with Gasteiger partial charge in [0.05, 0.1) is 28.8 Å². The van der Waals surface area contributed by atoms with Gasteiger partial charge in [-0.05, 0) is 44.2 Å². The van der Waals surface area contributed by atoms with Crippen LogP contribution in [0.15, 0.2) is 47.0 Å². The number of carbonyl (C=O) groups is 1. The van der Waals surface area contributed by atoms with E-state index < -0.39 is 21.7 Å². The minimum atomic E-state index is -3.68. The largest absolute Gasteiger partial charge is 0.488 e. The molecule has 30 heavy (non-hydrogen) atoms. The van der Waals surface area contributed by atoms with E-state index >= 15 is 0 Å². The van der Waals surface area contributed by atoms with E-state index in [1.54, 1.807) is 38.1 Å². The molecule has 1 aromatic heterocycles. The van der Waals surface area contributed by atoms with Gasteiger partial charge in [-0.15, -0.1) is 0 Å². The minimum Gasteiger partial charge on any atom is -0.488 e. The van der Waals surface area contributed by atoms with Gasteiger partial charge in [-0.1, -0.05) is 17.3 Å². The summed E-state index contributed by atoms with van der Waals surface area (Å²) in [5.74, 6) is -0.291. The highest BCUT2D eigenvalue weighted by molar-refractivity contribution is 7.92. The average molecular weight is 433 g/mol. The lowest BCUT2D eigenvalue weighted by atomic mass is 10.1. The molecular weight excluding hydrogens is 413 g/mol. The van der Waals surface area contributed by atoms with E-state index in [0.717, 1.165) is 17.9 Å². The number of ether oxygens (including phenoxy) is 1. The second kappa shape index (κ2) is 8.54. The smallest absolute Gasteiger partial charge is 0.259 e. The van der Waals surface area contributed by atoms with Crippen LogP contribution in [-0.4, -0.2) is 25.7 Å². The van der Waals surface area contributed by atoms with Gasteiger partial charge in [0.15, 0.2) is 0 Å². The van der Waals surface area contributed by atoms with Gasteiger partial charge in [-0.2, -0.15) is 0 Å². The van der Waals surface area contributed by atoms with Crippen LogP contribution in [-0.2, 0) is 16.6 Å². The molecule has 0 radical (unpaired) electrons. The van der Waals surface area contributed by atoms with E-state index in [1.165, 1.54) is 12.1 Å². The molecule has 0 saturated carbocycles. The Labute approximate surface area is 173 Å². The van der Waals surface area contributed by atoms with Gasteiger partial charge in [0.2, 0.25) is 10.0 Å². The maximum absolute atomic E-state index is 13.9. The van der Waals surface area contributed by atoms with Gasteiger partial charge in [0, 0.05) is 5.69 Å². The maximum atomic E-state index is 13.9. The Kier molecular flexibility index (Phi) is 6.06. The first-order valence-corrected chi connectivity index (χ1v) is 10.8. The molecule has 0 saturated heterocycles. The van der Waals surface area contributed by atoms with E-state index in [1.807, 2.05) is 0 Å². The molecular formula is C20H20FN3O5S. The monoisotopic (exact) mass is 433 g/mol. The number of hydrogen-bond donors (Lipinski definition) is 2. The van der Waals surface area contributed by atoms with Crippen molar-refractivity contribution in [3.05, 3.63) is 70.9 Å². The number of nitrogens with zero attached hydrogens (tertiary/aromatic N) is 1. The Morgan fingerprint density at radius 2 is 1.93 bits per heavy atom. The Bertz CT molecular complexity index is 1170. The average Bonchev–Trinajstić information content (AvgIpc) is 2.99. The van der Waals surface area contributed by atoms with Crippen LogP contribution in [0.2, 0.25) is 0 Å². The first-order valence-electron chi connectivity index (χ1n) is 8.86. The molecule has 10 heteroatoms. The molecule has 158 valence electrons. The van der Waals surface area contributed by atoms with E-state index in [9.17, 15) is 17.6 Å². The second-order valence-electron chi connectivity index (χ2n) is 6.61. The summed E-state index contributed by atoms with van der Waals surface area (Å²) in [6.07, 6.45) is 0.907. The Hall–Kier alpha value is -3.40. The summed E-state index contributed by atoms with van der Waals surface area (Å²) in [5.41, 5.74) is 1.70. The highest BCUT2D eigenvalue weighted by atomic mass is 32.2. The van der Waals surface area contributed by atoms with Gasteiger partial charge in [-0.25, -0.2) is 12.8 Å². The lowest BCUT2D eigenvalue weighted by molar-refractivity contribution is 0.102. The van der Waals surface area contributed by atoms with Crippen LogP contribution >= 0.6 is 0 Å². The van der Waals surface area contributed by atoms with Crippen LogP contribution in [0.5, 0.6) is 5.75 Å². The Balaban J connectivity index is 1.79. The van der Waals surface area contributed by atoms with Crippen LogP contribution in [0.25, 0.3) is 0 Å². The molecule has 1 heterocycles. The van der Waals surface area contributed by atoms with Gasteiger partial charge in [-0.3, -0.25) is 9.52 Å². The highest BCUT2D eigenvalue weighted by Crippen LogP contribution is 2.25. The molecule has 3 aromatic rings. The predicted octanol–water partition coefficient (Wildman–Crippen LogP) is 3.63. The lowest BCUT2D eigenvalue weighted by Gasteiger charge is -2.13. The number of halogens is 1. The van der Waals surface area contributed by atoms with Crippen LogP contribution in [0, 0.1) is 19.7 Å².